The molecular weight excluding hydrogens is 408 g/mol. The molecule has 0 spiro atoms. The standard InChI is InChI=1S/C23H22N6O3/c1-15(2)16-7-9-17(10-8-16)23-24-27-28(26-23)14-22(30)29-19(21-6-4-12-32-21)13-18(25-29)20-5-3-11-31-20/h3-12,15,19H,13-14H2,1-2H3. The van der Waals surface area contributed by atoms with Crippen LogP contribution in [-0.4, -0.2) is 36.8 Å². The molecule has 0 aliphatic carbocycles. The summed E-state index contributed by atoms with van der Waals surface area (Å²) in [6, 6.07) is 14.9. The summed E-state index contributed by atoms with van der Waals surface area (Å²) in [5, 5.41) is 18.5. The van der Waals surface area contributed by atoms with Gasteiger partial charge in [0.1, 0.15) is 29.8 Å². The number of carbonyl (C=O) groups excluding carboxylic acids is 1. The number of nitrogens with zero attached hydrogens (tertiary/aromatic N) is 6. The van der Waals surface area contributed by atoms with Crippen LogP contribution in [0.5, 0.6) is 0 Å². The fourth-order valence-electron chi connectivity index (χ4n) is 3.67. The number of rotatable bonds is 6. The summed E-state index contributed by atoms with van der Waals surface area (Å²) in [7, 11) is 0. The number of hydrogen-bond donors (Lipinski definition) is 0. The zero-order valence-corrected chi connectivity index (χ0v) is 17.8. The quantitative estimate of drug-likeness (QED) is 0.458. The molecule has 9 nitrogen and oxygen atoms in total. The third-order valence-electron chi connectivity index (χ3n) is 5.41. The number of hydrogen-bond acceptors (Lipinski definition) is 7. The molecule has 0 radical (unpaired) electrons. The van der Waals surface area contributed by atoms with E-state index in [4.69, 9.17) is 8.83 Å². The van der Waals surface area contributed by atoms with Crippen LogP contribution in [0.3, 0.4) is 0 Å². The molecule has 4 aromatic rings. The van der Waals surface area contributed by atoms with Gasteiger partial charge in [0.05, 0.1) is 12.5 Å². The highest BCUT2D eigenvalue weighted by atomic mass is 16.3. The lowest BCUT2D eigenvalue weighted by molar-refractivity contribution is -0.134. The number of carbonyl (C=O) groups is 1. The van der Waals surface area contributed by atoms with Gasteiger partial charge < -0.3 is 8.83 Å². The Balaban J connectivity index is 1.35. The minimum atomic E-state index is -0.357. The molecule has 1 atom stereocenters. The lowest BCUT2D eigenvalue weighted by Crippen LogP contribution is -2.31. The SMILES string of the molecule is CC(C)c1ccc(-c2nnn(CC(=O)N3N=C(c4ccco4)CC3c3ccco3)n2)cc1. The van der Waals surface area contributed by atoms with Gasteiger partial charge >= 0.3 is 0 Å². The third kappa shape index (κ3) is 3.84. The van der Waals surface area contributed by atoms with Gasteiger partial charge in [-0.15, -0.1) is 10.2 Å². The van der Waals surface area contributed by atoms with Crippen molar-refractivity contribution in [2.24, 2.45) is 5.10 Å². The first kappa shape index (κ1) is 19.9. The second-order valence-corrected chi connectivity index (χ2v) is 7.92. The van der Waals surface area contributed by atoms with E-state index in [1.54, 1.807) is 24.7 Å². The van der Waals surface area contributed by atoms with E-state index >= 15 is 0 Å². The number of aromatic nitrogens is 4. The van der Waals surface area contributed by atoms with Gasteiger partial charge in [-0.25, -0.2) is 5.01 Å². The molecule has 0 bridgehead atoms. The summed E-state index contributed by atoms with van der Waals surface area (Å²) in [4.78, 5) is 14.4. The normalized spacial score (nSPS) is 16.0. The molecule has 0 saturated carbocycles. The average Bonchev–Trinajstić information content (AvgIpc) is 3.60. The summed E-state index contributed by atoms with van der Waals surface area (Å²) in [5.74, 6) is 1.92. The van der Waals surface area contributed by atoms with Crippen molar-refractivity contribution in [1.29, 1.82) is 0 Å². The maximum absolute atomic E-state index is 13.1. The number of benzene rings is 1. The van der Waals surface area contributed by atoms with E-state index in [0.29, 0.717) is 35.4 Å². The largest absolute Gasteiger partial charge is 0.467 e. The Morgan fingerprint density at radius 2 is 1.88 bits per heavy atom. The molecule has 1 unspecified atom stereocenters. The van der Waals surface area contributed by atoms with Crippen LogP contribution in [0.15, 0.2) is 75.0 Å². The Morgan fingerprint density at radius 3 is 2.56 bits per heavy atom. The lowest BCUT2D eigenvalue weighted by Gasteiger charge is -2.19. The smallest absolute Gasteiger partial charge is 0.267 e. The predicted molar refractivity (Wildman–Crippen MR) is 115 cm³/mol. The Bertz CT molecular complexity index is 1220. The van der Waals surface area contributed by atoms with Crippen LogP contribution < -0.4 is 0 Å². The van der Waals surface area contributed by atoms with Crippen LogP contribution in [0.1, 0.15) is 49.3 Å². The average molecular weight is 430 g/mol. The van der Waals surface area contributed by atoms with Crippen molar-refractivity contribution in [3.05, 3.63) is 78.1 Å². The van der Waals surface area contributed by atoms with Gasteiger partial charge in [0.2, 0.25) is 5.82 Å². The molecule has 162 valence electrons. The number of tetrazole rings is 1. The molecule has 1 amide bonds. The first-order valence-electron chi connectivity index (χ1n) is 10.4. The fourth-order valence-corrected chi connectivity index (χ4v) is 3.67. The number of hydrazone groups is 1. The fraction of sp³-hybridized carbons (Fsp3) is 0.261. The van der Waals surface area contributed by atoms with E-state index in [1.165, 1.54) is 15.4 Å². The van der Waals surface area contributed by atoms with Crippen molar-refractivity contribution in [2.45, 2.75) is 38.8 Å². The van der Waals surface area contributed by atoms with Crippen LogP contribution in [0.25, 0.3) is 11.4 Å². The molecule has 9 heteroatoms. The Hall–Kier alpha value is -4.01. The van der Waals surface area contributed by atoms with Gasteiger partial charge in [0.25, 0.3) is 5.91 Å². The zero-order chi connectivity index (χ0) is 22.1. The Kier molecular flexibility index (Phi) is 5.14. The maximum Gasteiger partial charge on any atom is 0.267 e. The molecule has 4 heterocycles. The van der Waals surface area contributed by atoms with Crippen molar-refractivity contribution in [2.75, 3.05) is 0 Å². The lowest BCUT2D eigenvalue weighted by atomic mass is 10.0. The first-order chi connectivity index (χ1) is 15.6. The van der Waals surface area contributed by atoms with E-state index in [-0.39, 0.29) is 18.5 Å². The maximum atomic E-state index is 13.1. The van der Waals surface area contributed by atoms with Gasteiger partial charge in [-0.3, -0.25) is 4.79 Å². The van der Waals surface area contributed by atoms with Crippen LogP contribution in [-0.2, 0) is 11.3 Å². The predicted octanol–water partition coefficient (Wildman–Crippen LogP) is 4.03. The van der Waals surface area contributed by atoms with Gasteiger partial charge in [0, 0.05) is 12.0 Å². The van der Waals surface area contributed by atoms with Crippen molar-refractivity contribution in [3.8, 4) is 11.4 Å². The number of furan rings is 2. The molecule has 3 aromatic heterocycles. The minimum absolute atomic E-state index is 0.0940. The van der Waals surface area contributed by atoms with Crippen molar-refractivity contribution in [1.82, 2.24) is 25.2 Å². The number of amides is 1. The molecule has 0 saturated heterocycles. The first-order valence-corrected chi connectivity index (χ1v) is 10.4. The van der Waals surface area contributed by atoms with Gasteiger partial charge in [-0.2, -0.15) is 9.90 Å². The van der Waals surface area contributed by atoms with Crippen LogP contribution in [0.2, 0.25) is 0 Å². The Labute approximate surface area is 184 Å². The van der Waals surface area contributed by atoms with E-state index in [9.17, 15) is 4.79 Å². The van der Waals surface area contributed by atoms with E-state index in [1.807, 2.05) is 24.3 Å². The summed E-state index contributed by atoms with van der Waals surface area (Å²) < 4.78 is 11.0. The molecule has 5 rings (SSSR count). The Morgan fingerprint density at radius 1 is 1.09 bits per heavy atom. The van der Waals surface area contributed by atoms with Crippen LogP contribution in [0, 0.1) is 0 Å². The highest BCUT2D eigenvalue weighted by Crippen LogP contribution is 2.33. The summed E-state index contributed by atoms with van der Waals surface area (Å²) >= 11 is 0. The van der Waals surface area contributed by atoms with Crippen molar-refractivity contribution in [3.63, 3.8) is 0 Å². The summed E-state index contributed by atoms with van der Waals surface area (Å²) in [6.07, 6.45) is 3.66. The van der Waals surface area contributed by atoms with Gasteiger partial charge in [-0.05, 0) is 41.0 Å². The van der Waals surface area contributed by atoms with Crippen molar-refractivity contribution < 1.29 is 13.6 Å². The van der Waals surface area contributed by atoms with Gasteiger partial charge in [-0.1, -0.05) is 38.1 Å². The summed E-state index contributed by atoms with van der Waals surface area (Å²) in [6.45, 7) is 4.19. The second kappa shape index (κ2) is 8.26. The van der Waals surface area contributed by atoms with E-state index in [0.717, 1.165) is 5.56 Å². The van der Waals surface area contributed by atoms with Crippen LogP contribution in [0.4, 0.5) is 0 Å². The highest BCUT2D eigenvalue weighted by Gasteiger charge is 2.36. The monoisotopic (exact) mass is 430 g/mol. The minimum Gasteiger partial charge on any atom is -0.467 e. The molecule has 1 aliphatic rings. The van der Waals surface area contributed by atoms with Gasteiger partial charge in [0.15, 0.2) is 0 Å². The molecule has 0 fully saturated rings. The van der Waals surface area contributed by atoms with E-state index < -0.39 is 0 Å². The van der Waals surface area contributed by atoms with Crippen molar-refractivity contribution >= 4 is 11.6 Å². The van der Waals surface area contributed by atoms with Crippen LogP contribution >= 0.6 is 0 Å². The molecule has 0 N–H and O–H groups in total. The second-order valence-electron chi connectivity index (χ2n) is 7.92. The highest BCUT2D eigenvalue weighted by molar-refractivity contribution is 6.01. The zero-order valence-electron chi connectivity index (χ0n) is 17.8. The molecule has 32 heavy (non-hydrogen) atoms. The molecule has 1 aromatic carbocycles. The van der Waals surface area contributed by atoms with E-state index in [2.05, 4.69) is 46.5 Å². The molecular formula is C23H22N6O3. The molecule has 1 aliphatic heterocycles. The third-order valence-corrected chi connectivity index (χ3v) is 5.41. The topological polar surface area (TPSA) is 103 Å². The summed E-state index contributed by atoms with van der Waals surface area (Å²) in [5.41, 5.74) is 2.77.